The van der Waals surface area contributed by atoms with E-state index in [0.29, 0.717) is 5.69 Å². The summed E-state index contributed by atoms with van der Waals surface area (Å²) in [5, 5.41) is 11.3. The maximum atomic E-state index is 10.8. The van der Waals surface area contributed by atoms with E-state index < -0.39 is 12.0 Å². The number of aromatic nitrogens is 1. The van der Waals surface area contributed by atoms with Gasteiger partial charge < -0.3 is 20.5 Å². The standard InChI is InChI=1S/C11H17N3O3S/c1-14(5-7-3-2-4-17-7)11-13-8(6-18-11)9(12)10(15)16/h6-7,9H,2-5,12H2,1H3,(H,15,16). The van der Waals surface area contributed by atoms with Crippen molar-refractivity contribution < 1.29 is 14.6 Å². The van der Waals surface area contributed by atoms with Crippen LogP contribution in [0.1, 0.15) is 24.6 Å². The predicted octanol–water partition coefficient (Wildman–Crippen LogP) is 0.843. The second-order valence-corrected chi connectivity index (χ2v) is 5.22. The molecular formula is C11H17N3O3S. The second-order valence-electron chi connectivity index (χ2n) is 4.39. The topological polar surface area (TPSA) is 88.7 Å². The Balaban J connectivity index is 1.98. The Labute approximate surface area is 109 Å². The van der Waals surface area contributed by atoms with E-state index in [1.54, 1.807) is 5.38 Å². The third-order valence-corrected chi connectivity index (χ3v) is 3.90. The minimum atomic E-state index is -1.06. The molecule has 1 aliphatic rings. The van der Waals surface area contributed by atoms with Gasteiger partial charge in [0.25, 0.3) is 0 Å². The summed E-state index contributed by atoms with van der Waals surface area (Å²) < 4.78 is 5.55. The van der Waals surface area contributed by atoms with Gasteiger partial charge in [0.1, 0.15) is 6.04 Å². The van der Waals surface area contributed by atoms with Crippen molar-refractivity contribution in [3.8, 4) is 0 Å². The summed E-state index contributed by atoms with van der Waals surface area (Å²) in [7, 11) is 1.93. The van der Waals surface area contributed by atoms with Crippen molar-refractivity contribution in [3.63, 3.8) is 0 Å². The van der Waals surface area contributed by atoms with E-state index in [1.807, 2.05) is 11.9 Å². The largest absolute Gasteiger partial charge is 0.480 e. The van der Waals surface area contributed by atoms with Gasteiger partial charge in [-0.2, -0.15) is 0 Å². The molecule has 1 aromatic rings. The number of ether oxygens (including phenoxy) is 1. The van der Waals surface area contributed by atoms with Crippen molar-refractivity contribution in [1.82, 2.24) is 4.98 Å². The molecular weight excluding hydrogens is 254 g/mol. The van der Waals surface area contributed by atoms with Crippen molar-refractivity contribution in [3.05, 3.63) is 11.1 Å². The van der Waals surface area contributed by atoms with Crippen LogP contribution in [0.5, 0.6) is 0 Å². The molecule has 0 amide bonds. The highest BCUT2D eigenvalue weighted by molar-refractivity contribution is 7.13. The van der Waals surface area contributed by atoms with Crippen LogP contribution in [0.4, 0.5) is 5.13 Å². The predicted molar refractivity (Wildman–Crippen MR) is 68.9 cm³/mol. The van der Waals surface area contributed by atoms with Crippen molar-refractivity contribution in [2.75, 3.05) is 25.1 Å². The van der Waals surface area contributed by atoms with Gasteiger partial charge in [0, 0.05) is 25.6 Å². The third-order valence-electron chi connectivity index (χ3n) is 2.92. The number of anilines is 1. The molecule has 18 heavy (non-hydrogen) atoms. The molecule has 0 radical (unpaired) electrons. The molecule has 1 aromatic heterocycles. The molecule has 0 aromatic carbocycles. The fourth-order valence-electron chi connectivity index (χ4n) is 1.89. The Bertz CT molecular complexity index is 417. The number of hydrogen-bond acceptors (Lipinski definition) is 6. The molecule has 3 N–H and O–H groups in total. The van der Waals surface area contributed by atoms with Crippen LogP contribution in [0.25, 0.3) is 0 Å². The van der Waals surface area contributed by atoms with E-state index in [9.17, 15) is 4.79 Å². The molecule has 0 saturated carbocycles. The Morgan fingerprint density at radius 1 is 1.83 bits per heavy atom. The van der Waals surface area contributed by atoms with Crippen molar-refractivity contribution in [2.24, 2.45) is 5.73 Å². The average Bonchev–Trinajstić information content (AvgIpc) is 2.97. The molecule has 0 bridgehead atoms. The Hall–Kier alpha value is -1.18. The van der Waals surface area contributed by atoms with Gasteiger partial charge in [0.2, 0.25) is 0 Å². The molecule has 1 aliphatic heterocycles. The van der Waals surface area contributed by atoms with Crippen LogP contribution < -0.4 is 10.6 Å². The Morgan fingerprint density at radius 2 is 2.61 bits per heavy atom. The van der Waals surface area contributed by atoms with Crippen molar-refractivity contribution in [2.45, 2.75) is 25.0 Å². The number of nitrogens with two attached hydrogens (primary N) is 1. The number of carbonyl (C=O) groups is 1. The average molecular weight is 271 g/mol. The van der Waals surface area contributed by atoms with E-state index in [4.69, 9.17) is 15.6 Å². The van der Waals surface area contributed by atoms with Gasteiger partial charge in [-0.25, -0.2) is 4.98 Å². The molecule has 2 unspecified atom stereocenters. The van der Waals surface area contributed by atoms with Crippen LogP contribution in [0.15, 0.2) is 5.38 Å². The molecule has 1 saturated heterocycles. The summed E-state index contributed by atoms with van der Waals surface area (Å²) in [4.78, 5) is 17.0. The number of hydrogen-bond donors (Lipinski definition) is 2. The number of nitrogens with zero attached hydrogens (tertiary/aromatic N) is 2. The highest BCUT2D eigenvalue weighted by Crippen LogP contribution is 2.24. The minimum Gasteiger partial charge on any atom is -0.480 e. The lowest BCUT2D eigenvalue weighted by Crippen LogP contribution is -2.28. The Morgan fingerprint density at radius 3 is 3.22 bits per heavy atom. The van der Waals surface area contributed by atoms with Gasteiger partial charge in [-0.1, -0.05) is 0 Å². The fourth-order valence-corrected chi connectivity index (χ4v) is 2.73. The number of carboxylic acid groups (broad SMARTS) is 1. The number of aliphatic carboxylic acids is 1. The maximum Gasteiger partial charge on any atom is 0.326 e. The van der Waals surface area contributed by atoms with Crippen LogP contribution >= 0.6 is 11.3 Å². The van der Waals surface area contributed by atoms with Crippen molar-refractivity contribution in [1.29, 1.82) is 0 Å². The molecule has 2 heterocycles. The SMILES string of the molecule is CN(CC1CCCO1)c1nc(C(N)C(=O)O)cs1. The number of thiazole rings is 1. The van der Waals surface area contributed by atoms with Gasteiger partial charge in [0.15, 0.2) is 5.13 Å². The van der Waals surface area contributed by atoms with E-state index >= 15 is 0 Å². The summed E-state index contributed by atoms with van der Waals surface area (Å²) >= 11 is 1.40. The quantitative estimate of drug-likeness (QED) is 0.825. The zero-order chi connectivity index (χ0) is 13.1. The van der Waals surface area contributed by atoms with E-state index in [0.717, 1.165) is 31.1 Å². The molecule has 0 spiro atoms. The van der Waals surface area contributed by atoms with Crippen LogP contribution in [0.3, 0.4) is 0 Å². The third kappa shape index (κ3) is 2.98. The molecule has 2 atom stereocenters. The molecule has 7 heteroatoms. The lowest BCUT2D eigenvalue weighted by atomic mass is 10.2. The number of likely N-dealkylation sites (N-methyl/N-ethyl adjacent to an activating group) is 1. The Kier molecular flexibility index (Phi) is 4.15. The van der Waals surface area contributed by atoms with Crippen LogP contribution in [0, 0.1) is 0 Å². The molecule has 1 fully saturated rings. The smallest absolute Gasteiger partial charge is 0.326 e. The molecule has 6 nitrogen and oxygen atoms in total. The van der Waals surface area contributed by atoms with Gasteiger partial charge in [-0.15, -0.1) is 11.3 Å². The van der Waals surface area contributed by atoms with Gasteiger partial charge in [0.05, 0.1) is 11.8 Å². The second kappa shape index (κ2) is 5.64. The van der Waals surface area contributed by atoms with Crippen LogP contribution in [-0.4, -0.2) is 42.4 Å². The monoisotopic (exact) mass is 271 g/mol. The summed E-state index contributed by atoms with van der Waals surface area (Å²) in [5.74, 6) is -1.06. The lowest BCUT2D eigenvalue weighted by molar-refractivity contribution is -0.138. The highest BCUT2D eigenvalue weighted by atomic mass is 32.1. The molecule has 2 rings (SSSR count). The van der Waals surface area contributed by atoms with Crippen molar-refractivity contribution >= 4 is 22.4 Å². The van der Waals surface area contributed by atoms with E-state index in [1.165, 1.54) is 11.3 Å². The van der Waals surface area contributed by atoms with Gasteiger partial charge in [-0.05, 0) is 12.8 Å². The normalized spacial score (nSPS) is 20.9. The van der Waals surface area contributed by atoms with Crippen LogP contribution in [0.2, 0.25) is 0 Å². The zero-order valence-electron chi connectivity index (χ0n) is 10.2. The lowest BCUT2D eigenvalue weighted by Gasteiger charge is -2.19. The van der Waals surface area contributed by atoms with E-state index in [-0.39, 0.29) is 6.10 Å². The number of rotatable bonds is 5. The fraction of sp³-hybridized carbons (Fsp3) is 0.636. The summed E-state index contributed by atoms with van der Waals surface area (Å²) in [6.45, 7) is 1.60. The molecule has 100 valence electrons. The van der Waals surface area contributed by atoms with Gasteiger partial charge >= 0.3 is 5.97 Å². The zero-order valence-corrected chi connectivity index (χ0v) is 11.0. The minimum absolute atomic E-state index is 0.246. The first-order valence-corrected chi connectivity index (χ1v) is 6.72. The maximum absolute atomic E-state index is 10.8. The first-order valence-electron chi connectivity index (χ1n) is 5.84. The summed E-state index contributed by atoms with van der Waals surface area (Å²) in [6.07, 6.45) is 2.42. The summed E-state index contributed by atoms with van der Waals surface area (Å²) in [6, 6.07) is -1.05. The molecule has 0 aliphatic carbocycles. The van der Waals surface area contributed by atoms with E-state index in [2.05, 4.69) is 4.98 Å². The van der Waals surface area contributed by atoms with Crippen LogP contribution in [-0.2, 0) is 9.53 Å². The van der Waals surface area contributed by atoms with Gasteiger partial charge in [-0.3, -0.25) is 4.79 Å². The first kappa shape index (κ1) is 13.3. The first-order chi connectivity index (χ1) is 8.58. The highest BCUT2D eigenvalue weighted by Gasteiger charge is 2.21. The summed E-state index contributed by atoms with van der Waals surface area (Å²) in [5.41, 5.74) is 5.92. The number of carboxylic acids is 1.